The van der Waals surface area contributed by atoms with Crippen LogP contribution in [0.25, 0.3) is 22.3 Å². The van der Waals surface area contributed by atoms with E-state index in [4.69, 9.17) is 0 Å². The molecule has 250 valence electrons. The second-order valence-electron chi connectivity index (χ2n) is 12.7. The van der Waals surface area contributed by atoms with Crippen LogP contribution in [0, 0.1) is 6.92 Å². The van der Waals surface area contributed by atoms with Gasteiger partial charge in [-0.05, 0) is 120 Å². The predicted molar refractivity (Wildman–Crippen MR) is 222 cm³/mol. The topological polar surface area (TPSA) is 6.48 Å². The summed E-state index contributed by atoms with van der Waals surface area (Å²) in [5.41, 5.74) is 12.5. The van der Waals surface area contributed by atoms with Gasteiger partial charge in [0.15, 0.2) is 0 Å². The van der Waals surface area contributed by atoms with Crippen molar-refractivity contribution in [1.82, 2.24) is 0 Å². The molecule has 0 saturated carbocycles. The first kappa shape index (κ1) is 32.9. The van der Waals surface area contributed by atoms with E-state index in [1.54, 1.807) is 0 Å². The van der Waals surface area contributed by atoms with E-state index < -0.39 is 0 Å². The van der Waals surface area contributed by atoms with Crippen molar-refractivity contribution in [2.45, 2.75) is 16.7 Å². The SMILES string of the molecule is Cc1cccc(-c2cc(N(c3ccccc3)c3ccccc3)cc(N(c3ccccc3)c3ccccc3)c2)c1-c1ccccc1Sc1ccccc1. The van der Waals surface area contributed by atoms with Crippen LogP contribution >= 0.6 is 11.8 Å². The quantitative estimate of drug-likeness (QED) is 0.141. The first-order chi connectivity index (χ1) is 25.7. The molecule has 0 atom stereocenters. The fraction of sp³-hybridized carbons (Fsp3) is 0.0204. The molecule has 3 heteroatoms. The maximum Gasteiger partial charge on any atom is 0.0488 e. The Bertz CT molecular complexity index is 2200. The van der Waals surface area contributed by atoms with Crippen LogP contribution in [-0.2, 0) is 0 Å². The number of hydrogen-bond donors (Lipinski definition) is 0. The van der Waals surface area contributed by atoms with Gasteiger partial charge in [0.2, 0.25) is 0 Å². The lowest BCUT2D eigenvalue weighted by atomic mass is 9.90. The molecule has 0 fully saturated rings. The lowest BCUT2D eigenvalue weighted by molar-refractivity contribution is 1.25. The third kappa shape index (κ3) is 7.00. The van der Waals surface area contributed by atoms with Crippen LogP contribution in [0.1, 0.15) is 5.56 Å². The Morgan fingerprint density at radius 2 is 0.750 bits per heavy atom. The fourth-order valence-electron chi connectivity index (χ4n) is 6.86. The van der Waals surface area contributed by atoms with Gasteiger partial charge in [0.05, 0.1) is 0 Å². The van der Waals surface area contributed by atoms with Crippen LogP contribution in [0.3, 0.4) is 0 Å². The van der Waals surface area contributed by atoms with Crippen molar-refractivity contribution in [3.8, 4) is 22.3 Å². The molecule has 8 aromatic rings. The molecule has 8 aromatic carbocycles. The van der Waals surface area contributed by atoms with Crippen LogP contribution < -0.4 is 9.80 Å². The Morgan fingerprint density at radius 3 is 1.23 bits per heavy atom. The van der Waals surface area contributed by atoms with Crippen LogP contribution in [0.4, 0.5) is 34.1 Å². The Kier molecular flexibility index (Phi) is 9.68. The van der Waals surface area contributed by atoms with Crippen LogP contribution in [0.2, 0.25) is 0 Å². The molecule has 52 heavy (non-hydrogen) atoms. The first-order valence-corrected chi connectivity index (χ1v) is 18.4. The molecular weight excluding hydrogens is 649 g/mol. The van der Waals surface area contributed by atoms with E-state index in [-0.39, 0.29) is 0 Å². The van der Waals surface area contributed by atoms with Gasteiger partial charge in [0.1, 0.15) is 0 Å². The van der Waals surface area contributed by atoms with Gasteiger partial charge in [-0.2, -0.15) is 0 Å². The highest BCUT2D eigenvalue weighted by molar-refractivity contribution is 7.99. The number of hydrogen-bond acceptors (Lipinski definition) is 3. The number of anilines is 6. The standard InChI is InChI=1S/C49H38N2S/c1-37-20-19-32-46(49(37)47-31-17-18-33-48(47)52-45-29-15-6-16-30-45)38-34-43(50(39-21-7-2-8-22-39)40-23-9-3-10-24-40)36-44(35-38)51(41-25-11-4-12-26-41)42-27-13-5-14-28-42/h2-36H,1H3. The van der Waals surface area contributed by atoms with E-state index in [1.807, 2.05) is 11.8 Å². The lowest BCUT2D eigenvalue weighted by Gasteiger charge is -2.30. The zero-order valence-corrected chi connectivity index (χ0v) is 29.8. The third-order valence-electron chi connectivity index (χ3n) is 9.19. The summed E-state index contributed by atoms with van der Waals surface area (Å²) in [6, 6.07) is 75.8. The minimum atomic E-state index is 1.07. The smallest absolute Gasteiger partial charge is 0.0488 e. The highest BCUT2D eigenvalue weighted by atomic mass is 32.2. The number of aryl methyl sites for hydroxylation is 1. The molecule has 0 spiro atoms. The highest BCUT2D eigenvalue weighted by Crippen LogP contribution is 2.46. The second kappa shape index (κ2) is 15.3. The van der Waals surface area contributed by atoms with Crippen LogP contribution in [-0.4, -0.2) is 0 Å². The van der Waals surface area contributed by atoms with Gasteiger partial charge < -0.3 is 9.80 Å². The Labute approximate surface area is 311 Å². The van der Waals surface area contributed by atoms with Gasteiger partial charge in [-0.25, -0.2) is 0 Å². The molecule has 0 heterocycles. The van der Waals surface area contributed by atoms with Crippen molar-refractivity contribution in [3.05, 3.63) is 218 Å². The Hall–Kier alpha value is -6.29. The summed E-state index contributed by atoms with van der Waals surface area (Å²) >= 11 is 1.81. The monoisotopic (exact) mass is 686 g/mol. The maximum absolute atomic E-state index is 2.36. The number of nitrogens with zero attached hydrogens (tertiary/aromatic N) is 2. The molecular formula is C49H38N2S. The van der Waals surface area contributed by atoms with Crippen molar-refractivity contribution in [2.75, 3.05) is 9.80 Å². The zero-order chi connectivity index (χ0) is 35.1. The van der Waals surface area contributed by atoms with Crippen molar-refractivity contribution >= 4 is 45.9 Å². The molecule has 0 aliphatic rings. The Morgan fingerprint density at radius 1 is 0.346 bits per heavy atom. The second-order valence-corrected chi connectivity index (χ2v) is 13.8. The molecule has 0 radical (unpaired) electrons. The van der Waals surface area contributed by atoms with Gasteiger partial charge in [-0.1, -0.05) is 139 Å². The van der Waals surface area contributed by atoms with Gasteiger partial charge in [-0.15, -0.1) is 0 Å². The van der Waals surface area contributed by atoms with Crippen LogP contribution in [0.5, 0.6) is 0 Å². The number of para-hydroxylation sites is 4. The van der Waals surface area contributed by atoms with E-state index >= 15 is 0 Å². The molecule has 0 saturated heterocycles. The van der Waals surface area contributed by atoms with E-state index in [1.165, 1.54) is 32.0 Å². The lowest BCUT2D eigenvalue weighted by Crippen LogP contribution is -2.13. The molecule has 0 aliphatic heterocycles. The normalized spacial score (nSPS) is 10.9. The summed E-state index contributed by atoms with van der Waals surface area (Å²) in [4.78, 5) is 7.16. The molecule has 0 bridgehead atoms. The summed E-state index contributed by atoms with van der Waals surface area (Å²) in [5, 5.41) is 0. The van der Waals surface area contributed by atoms with E-state index in [9.17, 15) is 0 Å². The average molecular weight is 687 g/mol. The first-order valence-electron chi connectivity index (χ1n) is 17.6. The van der Waals surface area contributed by atoms with Gasteiger partial charge in [0, 0.05) is 43.9 Å². The van der Waals surface area contributed by atoms with E-state index in [0.29, 0.717) is 0 Å². The highest BCUT2D eigenvalue weighted by Gasteiger charge is 2.21. The van der Waals surface area contributed by atoms with Crippen molar-refractivity contribution in [1.29, 1.82) is 0 Å². The summed E-state index contributed by atoms with van der Waals surface area (Å²) in [7, 11) is 0. The molecule has 0 aromatic heterocycles. The average Bonchev–Trinajstić information content (AvgIpc) is 3.20. The Balaban J connectivity index is 1.39. The summed E-state index contributed by atoms with van der Waals surface area (Å²) in [6.07, 6.45) is 0. The minimum Gasteiger partial charge on any atom is -0.310 e. The summed E-state index contributed by atoms with van der Waals surface area (Å²) < 4.78 is 0. The molecule has 0 unspecified atom stereocenters. The van der Waals surface area contributed by atoms with E-state index in [2.05, 4.69) is 229 Å². The zero-order valence-electron chi connectivity index (χ0n) is 29.0. The van der Waals surface area contributed by atoms with Crippen molar-refractivity contribution in [2.24, 2.45) is 0 Å². The largest absolute Gasteiger partial charge is 0.310 e. The molecule has 0 aliphatic carbocycles. The molecule has 8 rings (SSSR count). The van der Waals surface area contributed by atoms with Crippen LogP contribution in [0.15, 0.2) is 222 Å². The molecule has 0 N–H and O–H groups in total. The number of rotatable bonds is 10. The predicted octanol–water partition coefficient (Wildman–Crippen LogP) is 14.4. The summed E-state index contributed by atoms with van der Waals surface area (Å²) in [5.74, 6) is 0. The summed E-state index contributed by atoms with van der Waals surface area (Å²) in [6.45, 7) is 2.23. The van der Waals surface area contributed by atoms with E-state index in [0.717, 1.165) is 39.7 Å². The van der Waals surface area contributed by atoms with Crippen molar-refractivity contribution in [3.63, 3.8) is 0 Å². The van der Waals surface area contributed by atoms with Gasteiger partial charge >= 0.3 is 0 Å². The third-order valence-corrected chi connectivity index (χ3v) is 10.3. The van der Waals surface area contributed by atoms with Gasteiger partial charge in [-0.3, -0.25) is 0 Å². The van der Waals surface area contributed by atoms with Crippen molar-refractivity contribution < 1.29 is 0 Å². The fourth-order valence-corrected chi connectivity index (χ4v) is 7.83. The maximum atomic E-state index is 2.36. The molecule has 2 nitrogen and oxygen atoms in total. The molecule has 0 amide bonds. The van der Waals surface area contributed by atoms with Gasteiger partial charge in [0.25, 0.3) is 0 Å². The number of benzene rings is 8. The minimum absolute atomic E-state index is 1.07.